The van der Waals surface area contributed by atoms with Crippen molar-refractivity contribution in [1.82, 2.24) is 5.32 Å². The fraction of sp³-hybridized carbons (Fsp3) is 0.500. The molecular weight excluding hydrogens is 269 g/mol. The van der Waals surface area contributed by atoms with E-state index in [0.29, 0.717) is 16.6 Å². The molecule has 4 heteroatoms. The van der Waals surface area contributed by atoms with Gasteiger partial charge in [0, 0.05) is 28.4 Å². The van der Waals surface area contributed by atoms with Gasteiger partial charge in [0.1, 0.15) is 0 Å². The summed E-state index contributed by atoms with van der Waals surface area (Å²) in [5, 5.41) is 4.22. The molecule has 0 aliphatic rings. The summed E-state index contributed by atoms with van der Waals surface area (Å²) in [6, 6.07) is 5.45. The smallest absolute Gasteiger partial charge is 0.222 e. The van der Waals surface area contributed by atoms with Gasteiger partial charge in [-0.05, 0) is 24.1 Å². The van der Waals surface area contributed by atoms with Gasteiger partial charge in [0.2, 0.25) is 5.91 Å². The van der Waals surface area contributed by atoms with E-state index in [2.05, 4.69) is 5.32 Å². The van der Waals surface area contributed by atoms with Crippen LogP contribution < -0.4 is 5.32 Å². The lowest BCUT2D eigenvalue weighted by molar-refractivity contribution is -0.124. The van der Waals surface area contributed by atoms with Crippen LogP contribution in [0.3, 0.4) is 0 Å². The van der Waals surface area contributed by atoms with Crippen LogP contribution in [0, 0.1) is 5.92 Å². The largest absolute Gasteiger partial charge is 0.355 e. The van der Waals surface area contributed by atoms with Crippen molar-refractivity contribution in [2.45, 2.75) is 33.1 Å². The van der Waals surface area contributed by atoms with Gasteiger partial charge in [-0.1, -0.05) is 50.0 Å². The summed E-state index contributed by atoms with van der Waals surface area (Å²) in [5.74, 6) is 0.214. The van der Waals surface area contributed by atoms with Crippen LogP contribution in [0.5, 0.6) is 0 Å². The molecule has 1 aromatic rings. The average Bonchev–Trinajstić information content (AvgIpc) is 2.34. The van der Waals surface area contributed by atoms with Crippen LogP contribution in [0.1, 0.15) is 38.7 Å². The number of hydrogen-bond donors (Lipinski definition) is 1. The maximum absolute atomic E-state index is 11.7. The highest BCUT2D eigenvalue weighted by Crippen LogP contribution is 2.30. The second kappa shape index (κ2) is 7.01. The molecule has 18 heavy (non-hydrogen) atoms. The van der Waals surface area contributed by atoms with Gasteiger partial charge in [0.05, 0.1) is 0 Å². The van der Waals surface area contributed by atoms with Crippen molar-refractivity contribution in [3.63, 3.8) is 0 Å². The number of benzene rings is 1. The number of carbonyl (C=O) groups excluding carboxylic acids is 1. The fourth-order valence-electron chi connectivity index (χ4n) is 1.70. The van der Waals surface area contributed by atoms with E-state index >= 15 is 0 Å². The van der Waals surface area contributed by atoms with Gasteiger partial charge in [0.25, 0.3) is 0 Å². The van der Waals surface area contributed by atoms with Crippen LogP contribution in [-0.2, 0) is 4.79 Å². The molecule has 0 aromatic heterocycles. The summed E-state index contributed by atoms with van der Waals surface area (Å²) in [5.41, 5.74) is 0.894. The zero-order valence-electron chi connectivity index (χ0n) is 11.0. The van der Waals surface area contributed by atoms with Crippen molar-refractivity contribution in [3.05, 3.63) is 33.8 Å². The second-order valence-electron chi connectivity index (χ2n) is 4.59. The predicted molar refractivity (Wildman–Crippen MR) is 77.3 cm³/mol. The average molecular weight is 288 g/mol. The molecule has 100 valence electrons. The van der Waals surface area contributed by atoms with E-state index in [1.165, 1.54) is 0 Å². The van der Waals surface area contributed by atoms with Gasteiger partial charge < -0.3 is 5.32 Å². The van der Waals surface area contributed by atoms with Crippen LogP contribution in [-0.4, -0.2) is 12.5 Å². The molecule has 1 amide bonds. The Bertz CT molecular complexity index is 400. The van der Waals surface area contributed by atoms with Crippen molar-refractivity contribution in [2.24, 2.45) is 5.92 Å². The monoisotopic (exact) mass is 287 g/mol. The third-order valence-electron chi connectivity index (χ3n) is 3.13. The summed E-state index contributed by atoms with van der Waals surface area (Å²) in [6.45, 7) is 6.47. The molecule has 0 saturated heterocycles. The van der Waals surface area contributed by atoms with E-state index in [0.717, 1.165) is 12.0 Å². The number of hydrogen-bond acceptors (Lipinski definition) is 1. The molecule has 0 saturated carbocycles. The Balaban J connectivity index is 2.66. The zero-order chi connectivity index (χ0) is 13.7. The van der Waals surface area contributed by atoms with Crippen molar-refractivity contribution in [3.8, 4) is 0 Å². The molecule has 0 bridgehead atoms. The number of carbonyl (C=O) groups is 1. The zero-order valence-corrected chi connectivity index (χ0v) is 12.5. The molecule has 0 radical (unpaired) electrons. The highest BCUT2D eigenvalue weighted by Gasteiger charge is 2.16. The van der Waals surface area contributed by atoms with Gasteiger partial charge in [0.15, 0.2) is 0 Å². The first kappa shape index (κ1) is 15.3. The first-order valence-corrected chi connectivity index (χ1v) is 6.94. The third kappa shape index (κ3) is 3.89. The molecule has 1 rings (SSSR count). The number of amides is 1. The minimum atomic E-state index is 0.0407. The molecular formula is C14H19Cl2NO. The van der Waals surface area contributed by atoms with E-state index in [1.54, 1.807) is 0 Å². The van der Waals surface area contributed by atoms with Crippen LogP contribution in [0.2, 0.25) is 10.0 Å². The van der Waals surface area contributed by atoms with E-state index in [9.17, 15) is 4.79 Å². The van der Waals surface area contributed by atoms with E-state index in [4.69, 9.17) is 23.2 Å². The number of rotatable bonds is 5. The van der Waals surface area contributed by atoms with Crippen molar-refractivity contribution in [2.75, 3.05) is 6.54 Å². The molecule has 1 aromatic carbocycles. The lowest BCUT2D eigenvalue weighted by Crippen LogP contribution is -2.32. The van der Waals surface area contributed by atoms with E-state index < -0.39 is 0 Å². The SMILES string of the molecule is CCC(C)C(=O)NCC(C)c1c(Cl)cccc1Cl. The lowest BCUT2D eigenvalue weighted by Gasteiger charge is -2.17. The first-order valence-electron chi connectivity index (χ1n) is 6.19. The Labute approximate surface area is 119 Å². The predicted octanol–water partition coefficient (Wildman–Crippen LogP) is 4.26. The van der Waals surface area contributed by atoms with Crippen LogP contribution in [0.15, 0.2) is 18.2 Å². The molecule has 2 atom stereocenters. The number of nitrogens with one attached hydrogen (secondary N) is 1. The van der Waals surface area contributed by atoms with Gasteiger partial charge in [-0.2, -0.15) is 0 Å². The minimum absolute atomic E-state index is 0.0407. The van der Waals surface area contributed by atoms with Gasteiger partial charge in [-0.3, -0.25) is 4.79 Å². The third-order valence-corrected chi connectivity index (χ3v) is 3.79. The molecule has 0 heterocycles. The van der Waals surface area contributed by atoms with Crippen molar-refractivity contribution >= 4 is 29.1 Å². The summed E-state index contributed by atoms with van der Waals surface area (Å²) in [6.07, 6.45) is 0.840. The van der Waals surface area contributed by atoms with E-state index in [1.807, 2.05) is 39.0 Å². The van der Waals surface area contributed by atoms with Gasteiger partial charge in [-0.25, -0.2) is 0 Å². The Morgan fingerprint density at radius 2 is 1.83 bits per heavy atom. The Morgan fingerprint density at radius 1 is 1.28 bits per heavy atom. The first-order chi connectivity index (χ1) is 8.47. The molecule has 0 fully saturated rings. The maximum Gasteiger partial charge on any atom is 0.222 e. The minimum Gasteiger partial charge on any atom is -0.355 e. The Morgan fingerprint density at radius 3 is 2.33 bits per heavy atom. The fourth-order valence-corrected chi connectivity index (χ4v) is 2.47. The quantitative estimate of drug-likeness (QED) is 0.861. The molecule has 2 nitrogen and oxygen atoms in total. The summed E-state index contributed by atoms with van der Waals surface area (Å²) < 4.78 is 0. The molecule has 0 aliphatic carbocycles. The van der Waals surface area contributed by atoms with Gasteiger partial charge in [-0.15, -0.1) is 0 Å². The summed E-state index contributed by atoms with van der Waals surface area (Å²) >= 11 is 12.3. The number of halogens is 2. The van der Waals surface area contributed by atoms with E-state index in [-0.39, 0.29) is 17.7 Å². The van der Waals surface area contributed by atoms with Crippen LogP contribution in [0.4, 0.5) is 0 Å². The Hall–Kier alpha value is -0.730. The second-order valence-corrected chi connectivity index (χ2v) is 5.41. The Kier molecular flexibility index (Phi) is 5.97. The summed E-state index contributed by atoms with van der Waals surface area (Å²) in [4.78, 5) is 11.7. The molecule has 0 spiro atoms. The van der Waals surface area contributed by atoms with Crippen LogP contribution >= 0.6 is 23.2 Å². The standard InChI is InChI=1S/C14H19Cl2NO/c1-4-9(2)14(18)17-8-10(3)13-11(15)6-5-7-12(13)16/h5-7,9-10H,4,8H2,1-3H3,(H,17,18). The highest BCUT2D eigenvalue weighted by atomic mass is 35.5. The van der Waals surface area contributed by atoms with Crippen LogP contribution in [0.25, 0.3) is 0 Å². The highest BCUT2D eigenvalue weighted by molar-refractivity contribution is 6.36. The molecule has 1 N–H and O–H groups in total. The van der Waals surface area contributed by atoms with Gasteiger partial charge >= 0.3 is 0 Å². The van der Waals surface area contributed by atoms with Crippen molar-refractivity contribution in [1.29, 1.82) is 0 Å². The van der Waals surface area contributed by atoms with Crippen molar-refractivity contribution < 1.29 is 4.79 Å². The maximum atomic E-state index is 11.7. The topological polar surface area (TPSA) is 29.1 Å². The normalized spacial score (nSPS) is 14.1. The molecule has 2 unspecified atom stereocenters. The lowest BCUT2D eigenvalue weighted by atomic mass is 10.0. The molecule has 0 aliphatic heterocycles. The summed E-state index contributed by atoms with van der Waals surface area (Å²) in [7, 11) is 0.